The predicted molar refractivity (Wildman–Crippen MR) is 60.6 cm³/mol. The first-order valence-corrected chi connectivity index (χ1v) is 5.95. The molecule has 0 amide bonds. The lowest BCUT2D eigenvalue weighted by Crippen LogP contribution is -2.33. The Morgan fingerprint density at radius 3 is 2.47 bits per heavy atom. The first-order chi connectivity index (χ1) is 7.13. The molecule has 2 atom stereocenters. The van der Waals surface area contributed by atoms with E-state index in [9.17, 15) is 4.79 Å². The van der Waals surface area contributed by atoms with Crippen molar-refractivity contribution < 1.29 is 9.53 Å². The second kappa shape index (κ2) is 5.50. The maximum atomic E-state index is 11.5. The number of carbonyl (C=O) groups excluding carboxylic acids is 1. The molecule has 1 fully saturated rings. The Labute approximate surface area is 92.8 Å². The number of methoxy groups -OCH3 is 1. The van der Waals surface area contributed by atoms with Crippen LogP contribution in [0.15, 0.2) is 0 Å². The highest BCUT2D eigenvalue weighted by Gasteiger charge is 2.37. The molecule has 0 saturated carbocycles. The van der Waals surface area contributed by atoms with Crippen LogP contribution >= 0.6 is 0 Å². The van der Waals surface area contributed by atoms with E-state index in [1.165, 1.54) is 7.11 Å². The van der Waals surface area contributed by atoms with Gasteiger partial charge in [-0.3, -0.25) is 9.69 Å². The molecule has 3 nitrogen and oxygen atoms in total. The van der Waals surface area contributed by atoms with Gasteiger partial charge < -0.3 is 4.74 Å². The van der Waals surface area contributed by atoms with E-state index in [2.05, 4.69) is 25.7 Å². The Kier molecular flexibility index (Phi) is 4.58. The van der Waals surface area contributed by atoms with Crippen LogP contribution in [0.25, 0.3) is 0 Å². The lowest BCUT2D eigenvalue weighted by molar-refractivity contribution is -0.146. The molecule has 0 aromatic heterocycles. The van der Waals surface area contributed by atoms with Crippen LogP contribution in [0, 0.1) is 11.8 Å². The van der Waals surface area contributed by atoms with Crippen molar-refractivity contribution >= 4 is 5.97 Å². The van der Waals surface area contributed by atoms with Crippen LogP contribution in [0.4, 0.5) is 0 Å². The van der Waals surface area contributed by atoms with E-state index in [-0.39, 0.29) is 11.9 Å². The Bertz CT molecular complexity index is 214. The van der Waals surface area contributed by atoms with E-state index < -0.39 is 0 Å². The van der Waals surface area contributed by atoms with Gasteiger partial charge in [0.1, 0.15) is 0 Å². The van der Waals surface area contributed by atoms with E-state index in [1.807, 2.05) is 0 Å². The third-order valence-electron chi connectivity index (χ3n) is 3.60. The molecule has 0 bridgehead atoms. The number of hydrogen-bond donors (Lipinski definition) is 0. The molecule has 1 rings (SSSR count). The molecule has 1 saturated heterocycles. The summed E-state index contributed by atoms with van der Waals surface area (Å²) in [6, 6.07) is 0.627. The highest BCUT2D eigenvalue weighted by molar-refractivity contribution is 5.73. The molecule has 0 spiro atoms. The summed E-state index contributed by atoms with van der Waals surface area (Å²) in [6.07, 6.45) is 2.33. The molecule has 2 unspecified atom stereocenters. The van der Waals surface area contributed by atoms with Gasteiger partial charge in [-0.05, 0) is 18.8 Å². The molecule has 15 heavy (non-hydrogen) atoms. The van der Waals surface area contributed by atoms with Crippen molar-refractivity contribution in [2.75, 3.05) is 20.2 Å². The molecule has 1 heterocycles. The van der Waals surface area contributed by atoms with Crippen LogP contribution in [-0.4, -0.2) is 37.1 Å². The number of carbonyl (C=O) groups is 1. The van der Waals surface area contributed by atoms with Gasteiger partial charge in [-0.25, -0.2) is 0 Å². The number of nitrogens with zero attached hydrogens (tertiary/aromatic N) is 1. The predicted octanol–water partition coefficient (Wildman–Crippen LogP) is 1.92. The molecular weight excluding hydrogens is 190 g/mol. The molecule has 0 aromatic rings. The second-order valence-corrected chi connectivity index (χ2v) is 4.53. The molecule has 0 aromatic carbocycles. The number of ether oxygens (including phenoxy) is 1. The molecule has 1 aliphatic rings. The van der Waals surface area contributed by atoms with E-state index in [4.69, 9.17) is 4.74 Å². The Balaban J connectivity index is 2.58. The number of esters is 1. The first-order valence-electron chi connectivity index (χ1n) is 5.95. The van der Waals surface area contributed by atoms with Gasteiger partial charge in [0, 0.05) is 19.1 Å². The molecule has 88 valence electrons. The number of likely N-dealkylation sites (tertiary alicyclic amines) is 1. The third-order valence-corrected chi connectivity index (χ3v) is 3.60. The van der Waals surface area contributed by atoms with Crippen LogP contribution in [0.2, 0.25) is 0 Å². The van der Waals surface area contributed by atoms with Gasteiger partial charge in [0.2, 0.25) is 0 Å². The van der Waals surface area contributed by atoms with Crippen molar-refractivity contribution in [2.45, 2.75) is 39.7 Å². The van der Waals surface area contributed by atoms with Gasteiger partial charge in [0.15, 0.2) is 0 Å². The smallest absolute Gasteiger partial charge is 0.310 e. The first kappa shape index (κ1) is 12.5. The molecule has 1 aliphatic heterocycles. The largest absolute Gasteiger partial charge is 0.469 e. The van der Waals surface area contributed by atoms with Crippen LogP contribution < -0.4 is 0 Å². The van der Waals surface area contributed by atoms with E-state index in [0.29, 0.717) is 12.0 Å². The quantitative estimate of drug-likeness (QED) is 0.668. The highest BCUT2D eigenvalue weighted by atomic mass is 16.5. The van der Waals surface area contributed by atoms with Crippen molar-refractivity contribution in [1.82, 2.24) is 4.90 Å². The Morgan fingerprint density at radius 2 is 2.00 bits per heavy atom. The van der Waals surface area contributed by atoms with Crippen molar-refractivity contribution in [3.8, 4) is 0 Å². The summed E-state index contributed by atoms with van der Waals surface area (Å²) in [5, 5.41) is 0. The van der Waals surface area contributed by atoms with Crippen LogP contribution in [0.1, 0.15) is 33.6 Å². The third kappa shape index (κ3) is 2.71. The van der Waals surface area contributed by atoms with Gasteiger partial charge in [0.05, 0.1) is 13.0 Å². The Morgan fingerprint density at radius 1 is 1.40 bits per heavy atom. The minimum absolute atomic E-state index is 0.0454. The SMILES string of the molecule is CCC(CC)N1CC(C)C(C(=O)OC)C1. The molecule has 3 heteroatoms. The fourth-order valence-corrected chi connectivity index (χ4v) is 2.57. The normalized spacial score (nSPS) is 27.3. The minimum atomic E-state index is -0.0454. The lowest BCUT2D eigenvalue weighted by Gasteiger charge is -2.25. The second-order valence-electron chi connectivity index (χ2n) is 4.53. The zero-order valence-electron chi connectivity index (χ0n) is 10.3. The summed E-state index contributed by atoms with van der Waals surface area (Å²) in [4.78, 5) is 14.0. The van der Waals surface area contributed by atoms with Gasteiger partial charge in [-0.15, -0.1) is 0 Å². The zero-order chi connectivity index (χ0) is 11.4. The summed E-state index contributed by atoms with van der Waals surface area (Å²) in [5.74, 6) is 0.463. The van der Waals surface area contributed by atoms with Crippen molar-refractivity contribution in [1.29, 1.82) is 0 Å². The standard InChI is InChI=1S/C12H23NO2/c1-5-10(6-2)13-7-9(3)11(8-13)12(14)15-4/h9-11H,5-8H2,1-4H3. The average Bonchev–Trinajstić information content (AvgIpc) is 2.61. The van der Waals surface area contributed by atoms with E-state index in [1.54, 1.807) is 0 Å². The maximum absolute atomic E-state index is 11.5. The molecule has 0 aliphatic carbocycles. The Hall–Kier alpha value is -0.570. The van der Waals surface area contributed by atoms with E-state index >= 15 is 0 Å². The molecule has 0 N–H and O–H groups in total. The fourth-order valence-electron chi connectivity index (χ4n) is 2.57. The summed E-state index contributed by atoms with van der Waals surface area (Å²) >= 11 is 0. The van der Waals surface area contributed by atoms with Crippen molar-refractivity contribution in [2.24, 2.45) is 11.8 Å². The van der Waals surface area contributed by atoms with Gasteiger partial charge in [0.25, 0.3) is 0 Å². The average molecular weight is 213 g/mol. The van der Waals surface area contributed by atoms with Crippen LogP contribution in [0.3, 0.4) is 0 Å². The van der Waals surface area contributed by atoms with Gasteiger partial charge in [-0.2, -0.15) is 0 Å². The van der Waals surface area contributed by atoms with Crippen LogP contribution in [0.5, 0.6) is 0 Å². The summed E-state index contributed by atoms with van der Waals surface area (Å²) < 4.78 is 4.83. The number of rotatable bonds is 4. The monoisotopic (exact) mass is 213 g/mol. The summed E-state index contributed by atoms with van der Waals surface area (Å²) in [7, 11) is 1.48. The van der Waals surface area contributed by atoms with E-state index in [0.717, 1.165) is 25.9 Å². The number of hydrogen-bond acceptors (Lipinski definition) is 3. The molecular formula is C12H23NO2. The summed E-state index contributed by atoms with van der Waals surface area (Å²) in [5.41, 5.74) is 0. The minimum Gasteiger partial charge on any atom is -0.469 e. The maximum Gasteiger partial charge on any atom is 0.310 e. The van der Waals surface area contributed by atoms with Gasteiger partial charge >= 0.3 is 5.97 Å². The lowest BCUT2D eigenvalue weighted by atomic mass is 9.99. The summed E-state index contributed by atoms with van der Waals surface area (Å²) in [6.45, 7) is 8.48. The zero-order valence-corrected chi connectivity index (χ0v) is 10.3. The van der Waals surface area contributed by atoms with Crippen molar-refractivity contribution in [3.05, 3.63) is 0 Å². The molecule has 0 radical (unpaired) electrons. The van der Waals surface area contributed by atoms with Crippen LogP contribution in [-0.2, 0) is 9.53 Å². The highest BCUT2D eigenvalue weighted by Crippen LogP contribution is 2.27. The fraction of sp³-hybridized carbons (Fsp3) is 0.917. The topological polar surface area (TPSA) is 29.5 Å². The van der Waals surface area contributed by atoms with Crippen molar-refractivity contribution in [3.63, 3.8) is 0 Å². The van der Waals surface area contributed by atoms with Gasteiger partial charge in [-0.1, -0.05) is 20.8 Å².